The predicted octanol–water partition coefficient (Wildman–Crippen LogP) is 6.06. The Balaban J connectivity index is 2.09. The molecule has 0 saturated carbocycles. The van der Waals surface area contributed by atoms with Crippen molar-refractivity contribution in [3.63, 3.8) is 0 Å². The number of carbonyl (C=O) groups excluding carboxylic acids is 1. The Morgan fingerprint density at radius 1 is 1.12 bits per heavy atom. The number of ether oxygens (including phenoxy) is 3. The van der Waals surface area contributed by atoms with Crippen molar-refractivity contribution in [3.05, 3.63) is 59.7 Å². The number of carbonyl (C=O) groups is 1. The molecule has 0 spiro atoms. The fourth-order valence-corrected chi connectivity index (χ4v) is 2.60. The van der Waals surface area contributed by atoms with Crippen molar-refractivity contribution in [2.75, 3.05) is 5.88 Å². The van der Waals surface area contributed by atoms with Gasteiger partial charge >= 0.3 is 6.16 Å². The van der Waals surface area contributed by atoms with Gasteiger partial charge in [-0.15, -0.1) is 11.6 Å². The standard InChI is InChI=1S/C21H25ClO4/c1-15-14-17(24-20(23)26-21(2,3)4)10-11-18(15)25-19(12-13-22)16-8-6-5-7-9-16/h5-11,14,19H,12-13H2,1-4H3/t19-/m1/s1/i19+2. The van der Waals surface area contributed by atoms with Crippen LogP contribution in [0.15, 0.2) is 48.5 Å². The van der Waals surface area contributed by atoms with Crippen LogP contribution in [-0.2, 0) is 4.74 Å². The van der Waals surface area contributed by atoms with Crippen molar-refractivity contribution in [1.82, 2.24) is 0 Å². The molecule has 0 unspecified atom stereocenters. The van der Waals surface area contributed by atoms with E-state index < -0.39 is 11.8 Å². The molecule has 4 nitrogen and oxygen atoms in total. The summed E-state index contributed by atoms with van der Waals surface area (Å²) >= 11 is 5.94. The first-order valence-corrected chi connectivity index (χ1v) is 9.11. The summed E-state index contributed by atoms with van der Waals surface area (Å²) in [5.41, 5.74) is 1.34. The molecule has 0 fully saturated rings. The summed E-state index contributed by atoms with van der Waals surface area (Å²) in [7, 11) is 0. The second kappa shape index (κ2) is 8.95. The van der Waals surface area contributed by atoms with Gasteiger partial charge in [0.1, 0.15) is 23.2 Å². The third-order valence-electron chi connectivity index (χ3n) is 3.55. The summed E-state index contributed by atoms with van der Waals surface area (Å²) in [6.45, 7) is 7.27. The highest BCUT2D eigenvalue weighted by Gasteiger charge is 2.19. The van der Waals surface area contributed by atoms with Gasteiger partial charge in [0, 0.05) is 12.3 Å². The Labute approximate surface area is 160 Å². The van der Waals surface area contributed by atoms with Crippen LogP contribution in [-0.4, -0.2) is 17.6 Å². The average molecular weight is 379 g/mol. The first kappa shape index (κ1) is 20.1. The van der Waals surface area contributed by atoms with E-state index in [0.717, 1.165) is 16.9 Å². The molecule has 0 aliphatic carbocycles. The van der Waals surface area contributed by atoms with Gasteiger partial charge in [-0.1, -0.05) is 30.3 Å². The zero-order chi connectivity index (χ0) is 19.2. The van der Waals surface area contributed by atoms with Crippen LogP contribution >= 0.6 is 11.6 Å². The molecule has 2 aromatic rings. The Morgan fingerprint density at radius 3 is 2.38 bits per heavy atom. The summed E-state index contributed by atoms with van der Waals surface area (Å²) in [4.78, 5) is 11.8. The van der Waals surface area contributed by atoms with Gasteiger partial charge < -0.3 is 14.2 Å². The van der Waals surface area contributed by atoms with E-state index in [1.165, 1.54) is 0 Å². The molecule has 0 aliphatic heterocycles. The Hall–Kier alpha value is -2.20. The van der Waals surface area contributed by atoms with Gasteiger partial charge in [0.15, 0.2) is 0 Å². The Bertz CT molecular complexity index is 723. The molecule has 2 rings (SSSR count). The zero-order valence-corrected chi connectivity index (χ0v) is 16.4. The van der Waals surface area contributed by atoms with Gasteiger partial charge in [-0.05, 0) is 57.0 Å². The summed E-state index contributed by atoms with van der Waals surface area (Å²) in [5.74, 6) is 1.64. The number of halogens is 1. The zero-order valence-electron chi connectivity index (χ0n) is 15.6. The quantitative estimate of drug-likeness (QED) is 0.348. The lowest BCUT2D eigenvalue weighted by molar-refractivity contribution is 0.0206. The molecule has 5 heteroatoms. The number of aryl methyl sites for hydroxylation is 1. The smallest absolute Gasteiger partial charge is 0.485 e. The number of hydrogen-bond acceptors (Lipinski definition) is 4. The molecule has 140 valence electrons. The van der Waals surface area contributed by atoms with Crippen molar-refractivity contribution in [2.24, 2.45) is 0 Å². The predicted molar refractivity (Wildman–Crippen MR) is 103 cm³/mol. The van der Waals surface area contributed by atoms with Crippen LogP contribution in [0.25, 0.3) is 0 Å². The van der Waals surface area contributed by atoms with Gasteiger partial charge in [-0.25, -0.2) is 4.79 Å². The Kier molecular flexibility index (Phi) is 6.92. The van der Waals surface area contributed by atoms with E-state index in [1.807, 2.05) is 37.3 Å². The molecule has 0 saturated heterocycles. The summed E-state index contributed by atoms with van der Waals surface area (Å²) in [5, 5.41) is 0. The van der Waals surface area contributed by atoms with Crippen LogP contribution in [0.4, 0.5) is 4.79 Å². The monoisotopic (exact) mass is 378 g/mol. The summed E-state index contributed by atoms with van der Waals surface area (Å²) < 4.78 is 16.5. The van der Waals surface area contributed by atoms with Crippen molar-refractivity contribution < 1.29 is 19.0 Å². The lowest BCUT2D eigenvalue weighted by Crippen LogP contribution is -2.26. The Morgan fingerprint density at radius 2 is 1.81 bits per heavy atom. The van der Waals surface area contributed by atoms with Crippen LogP contribution in [0, 0.1) is 6.92 Å². The SMILES string of the molecule is Cc1cc(OC(=O)OC(C)(C)C)ccc1O[14C@H](CCCl)c1ccccc1. The number of rotatable bonds is 6. The first-order chi connectivity index (χ1) is 12.3. The molecule has 2 aromatic carbocycles. The van der Waals surface area contributed by atoms with Gasteiger partial charge in [0.25, 0.3) is 0 Å². The molecule has 0 aliphatic rings. The first-order valence-electron chi connectivity index (χ1n) is 8.57. The maximum absolute atomic E-state index is 11.8. The second-order valence-corrected chi connectivity index (χ2v) is 7.37. The maximum atomic E-state index is 11.8. The van der Waals surface area contributed by atoms with Crippen LogP contribution < -0.4 is 9.47 Å². The van der Waals surface area contributed by atoms with Gasteiger partial charge in [0.2, 0.25) is 0 Å². The minimum absolute atomic E-state index is 0.134. The van der Waals surface area contributed by atoms with Crippen LogP contribution in [0.2, 0.25) is 0 Å². The van der Waals surface area contributed by atoms with Crippen molar-refractivity contribution in [1.29, 1.82) is 0 Å². The molecule has 0 aromatic heterocycles. The molecule has 26 heavy (non-hydrogen) atoms. The molecule has 0 N–H and O–H groups in total. The minimum atomic E-state index is -0.727. The largest absolute Gasteiger partial charge is 0.514 e. The third kappa shape index (κ3) is 6.26. The summed E-state index contributed by atoms with van der Waals surface area (Å²) in [6, 6.07) is 15.2. The fraction of sp³-hybridized carbons (Fsp3) is 0.381. The van der Waals surface area contributed by atoms with E-state index >= 15 is 0 Å². The van der Waals surface area contributed by atoms with Crippen molar-refractivity contribution in [2.45, 2.75) is 45.8 Å². The molecule has 0 radical (unpaired) electrons. The van der Waals surface area contributed by atoms with E-state index in [2.05, 4.69) is 0 Å². The number of alkyl halides is 1. The molecule has 1 atom stereocenters. The highest BCUT2D eigenvalue weighted by atomic mass is 35.5. The van der Waals surface area contributed by atoms with Crippen LogP contribution in [0.5, 0.6) is 11.5 Å². The highest BCUT2D eigenvalue weighted by Crippen LogP contribution is 2.30. The van der Waals surface area contributed by atoms with Gasteiger partial charge in [0.05, 0.1) is 0 Å². The lowest BCUT2D eigenvalue weighted by Gasteiger charge is -2.21. The van der Waals surface area contributed by atoms with Crippen molar-refractivity contribution >= 4 is 17.8 Å². The third-order valence-corrected chi connectivity index (χ3v) is 3.77. The normalized spacial score (nSPS) is 12.3. The molecular weight excluding hydrogens is 354 g/mol. The minimum Gasteiger partial charge on any atom is -0.485 e. The molecule has 0 amide bonds. The molecule has 0 heterocycles. The van der Waals surface area contributed by atoms with Crippen LogP contribution in [0.3, 0.4) is 0 Å². The molecular formula is C21H25ClO4. The second-order valence-electron chi connectivity index (χ2n) is 6.99. The van der Waals surface area contributed by atoms with Crippen LogP contribution in [0.1, 0.15) is 44.4 Å². The average Bonchev–Trinajstić information content (AvgIpc) is 2.55. The topological polar surface area (TPSA) is 44.8 Å². The fourth-order valence-electron chi connectivity index (χ4n) is 2.40. The summed E-state index contributed by atoms with van der Waals surface area (Å²) in [6.07, 6.45) is -0.166. The lowest BCUT2D eigenvalue weighted by atomic mass is 10.2. The van der Waals surface area contributed by atoms with E-state index in [9.17, 15) is 4.79 Å². The maximum Gasteiger partial charge on any atom is 0.514 e. The number of benzene rings is 2. The number of hydrogen-bond donors (Lipinski definition) is 0. The van der Waals surface area contributed by atoms with E-state index in [1.54, 1.807) is 39.0 Å². The highest BCUT2D eigenvalue weighted by molar-refractivity contribution is 6.17. The van der Waals surface area contributed by atoms with E-state index in [-0.39, 0.29) is 6.10 Å². The van der Waals surface area contributed by atoms with Gasteiger partial charge in [-0.2, -0.15) is 0 Å². The van der Waals surface area contributed by atoms with E-state index in [4.69, 9.17) is 25.8 Å². The van der Waals surface area contributed by atoms with Gasteiger partial charge in [-0.3, -0.25) is 0 Å². The molecule has 0 bridgehead atoms. The van der Waals surface area contributed by atoms with E-state index in [0.29, 0.717) is 18.1 Å². The van der Waals surface area contributed by atoms with Crippen molar-refractivity contribution in [3.8, 4) is 11.5 Å².